The van der Waals surface area contributed by atoms with Crippen LogP contribution in [0.3, 0.4) is 0 Å². The van der Waals surface area contributed by atoms with Crippen molar-refractivity contribution in [3.05, 3.63) is 125 Å². The monoisotopic (exact) mass is 617 g/mol. The summed E-state index contributed by atoms with van der Waals surface area (Å²) in [6, 6.07) is 31.6. The zero-order valence-electron chi connectivity index (χ0n) is 24.5. The summed E-state index contributed by atoms with van der Waals surface area (Å²) < 4.78 is 16.6. The molecule has 0 aliphatic heterocycles. The summed E-state index contributed by atoms with van der Waals surface area (Å²) >= 11 is 6.08. The largest absolute Gasteiger partial charge is 0.496 e. The topological polar surface area (TPSA) is 102 Å². The van der Waals surface area contributed by atoms with Gasteiger partial charge >= 0.3 is 5.97 Å². The molecule has 1 amide bonds. The fraction of sp³-hybridized carbons (Fsp3) is 0.0833. The SMILES string of the molecule is CCOc1cc(C=NNC(=O)c2[nH]c3c(ccc4ccccc43)c2-c2ccccc2)ccc1OC(=O)c1cc(Cl)ccc1OC. The van der Waals surface area contributed by atoms with Gasteiger partial charge in [0.25, 0.3) is 5.91 Å². The van der Waals surface area contributed by atoms with Crippen LogP contribution in [0.25, 0.3) is 32.8 Å². The van der Waals surface area contributed by atoms with E-state index in [0.717, 1.165) is 32.8 Å². The molecule has 0 aliphatic carbocycles. The molecule has 0 bridgehead atoms. The molecule has 0 atom stereocenters. The number of aromatic nitrogens is 1. The predicted molar refractivity (Wildman–Crippen MR) is 177 cm³/mol. The quantitative estimate of drug-likeness (QED) is 0.0740. The minimum Gasteiger partial charge on any atom is -0.496 e. The van der Waals surface area contributed by atoms with Gasteiger partial charge in [0.1, 0.15) is 17.0 Å². The molecular formula is C36H28ClN3O5. The number of halogens is 1. The van der Waals surface area contributed by atoms with Crippen molar-refractivity contribution in [3.8, 4) is 28.4 Å². The Balaban J connectivity index is 1.26. The van der Waals surface area contributed by atoms with Gasteiger partial charge < -0.3 is 19.2 Å². The Bertz CT molecular complexity index is 2070. The van der Waals surface area contributed by atoms with E-state index in [9.17, 15) is 9.59 Å². The first-order chi connectivity index (χ1) is 22.0. The van der Waals surface area contributed by atoms with E-state index in [1.54, 1.807) is 30.3 Å². The van der Waals surface area contributed by atoms with Gasteiger partial charge in [0.05, 0.1) is 25.4 Å². The molecule has 224 valence electrons. The van der Waals surface area contributed by atoms with E-state index < -0.39 is 11.9 Å². The number of carbonyl (C=O) groups excluding carboxylic acids is 2. The number of hydrogen-bond acceptors (Lipinski definition) is 6. The number of amides is 1. The van der Waals surface area contributed by atoms with Gasteiger partial charge in [-0.05, 0) is 59.8 Å². The smallest absolute Gasteiger partial charge is 0.347 e. The molecule has 6 rings (SSSR count). The Hall–Kier alpha value is -5.60. The number of esters is 1. The number of methoxy groups -OCH3 is 1. The molecule has 1 aromatic heterocycles. The van der Waals surface area contributed by atoms with E-state index in [2.05, 4.69) is 21.6 Å². The highest BCUT2D eigenvalue weighted by Crippen LogP contribution is 2.36. The van der Waals surface area contributed by atoms with Crippen LogP contribution in [-0.4, -0.2) is 36.8 Å². The van der Waals surface area contributed by atoms with Crippen LogP contribution in [-0.2, 0) is 0 Å². The van der Waals surface area contributed by atoms with Crippen molar-refractivity contribution in [3.63, 3.8) is 0 Å². The van der Waals surface area contributed by atoms with Crippen LogP contribution in [0.4, 0.5) is 0 Å². The van der Waals surface area contributed by atoms with Gasteiger partial charge in [0.2, 0.25) is 0 Å². The predicted octanol–water partition coefficient (Wildman–Crippen LogP) is 8.03. The van der Waals surface area contributed by atoms with Crippen LogP contribution < -0.4 is 19.6 Å². The second-order valence-corrected chi connectivity index (χ2v) is 10.5. The molecule has 2 N–H and O–H groups in total. The molecule has 6 aromatic rings. The Labute approximate surface area is 264 Å². The van der Waals surface area contributed by atoms with Gasteiger partial charge in [-0.15, -0.1) is 0 Å². The molecule has 5 aromatic carbocycles. The molecule has 0 fully saturated rings. The summed E-state index contributed by atoms with van der Waals surface area (Å²) in [7, 11) is 1.46. The van der Waals surface area contributed by atoms with Gasteiger partial charge in [-0.25, -0.2) is 10.2 Å². The number of hydrogen-bond donors (Lipinski definition) is 2. The molecule has 8 nitrogen and oxygen atoms in total. The average Bonchev–Trinajstić information content (AvgIpc) is 3.47. The first-order valence-corrected chi connectivity index (χ1v) is 14.6. The van der Waals surface area contributed by atoms with Crippen molar-refractivity contribution in [2.45, 2.75) is 6.92 Å². The maximum atomic E-state index is 13.5. The lowest BCUT2D eigenvalue weighted by atomic mass is 9.99. The molecule has 45 heavy (non-hydrogen) atoms. The number of benzene rings is 5. The summed E-state index contributed by atoms with van der Waals surface area (Å²) in [6.07, 6.45) is 1.49. The van der Waals surface area contributed by atoms with Crippen molar-refractivity contribution in [2.75, 3.05) is 13.7 Å². The zero-order valence-corrected chi connectivity index (χ0v) is 25.2. The van der Waals surface area contributed by atoms with E-state index >= 15 is 0 Å². The molecular weight excluding hydrogens is 590 g/mol. The van der Waals surface area contributed by atoms with Gasteiger partial charge in [0.15, 0.2) is 11.5 Å². The summed E-state index contributed by atoms with van der Waals surface area (Å²) in [5, 5.41) is 7.62. The van der Waals surface area contributed by atoms with Crippen molar-refractivity contribution >= 4 is 51.4 Å². The Kier molecular flexibility index (Phi) is 8.48. The van der Waals surface area contributed by atoms with E-state index in [1.165, 1.54) is 19.4 Å². The Morgan fingerprint density at radius 1 is 0.867 bits per heavy atom. The number of H-pyrrole nitrogens is 1. The van der Waals surface area contributed by atoms with E-state index in [1.807, 2.05) is 67.6 Å². The normalized spacial score (nSPS) is 11.2. The fourth-order valence-electron chi connectivity index (χ4n) is 5.19. The third-order valence-electron chi connectivity index (χ3n) is 7.22. The summed E-state index contributed by atoms with van der Waals surface area (Å²) in [5.41, 5.74) is 6.44. The van der Waals surface area contributed by atoms with Crippen molar-refractivity contribution in [1.29, 1.82) is 0 Å². The van der Waals surface area contributed by atoms with Gasteiger partial charge in [-0.3, -0.25) is 4.79 Å². The Morgan fingerprint density at radius 2 is 1.64 bits per heavy atom. The third kappa shape index (κ3) is 6.09. The van der Waals surface area contributed by atoms with E-state index in [0.29, 0.717) is 34.4 Å². The van der Waals surface area contributed by atoms with Crippen LogP contribution in [0.2, 0.25) is 5.02 Å². The lowest BCUT2D eigenvalue weighted by Crippen LogP contribution is -2.18. The maximum absolute atomic E-state index is 13.5. The second-order valence-electron chi connectivity index (χ2n) is 10.0. The molecule has 0 saturated carbocycles. The number of nitrogens with one attached hydrogen (secondary N) is 2. The first-order valence-electron chi connectivity index (χ1n) is 14.2. The van der Waals surface area contributed by atoms with Crippen molar-refractivity contribution < 1.29 is 23.8 Å². The van der Waals surface area contributed by atoms with Crippen LogP contribution in [0.15, 0.2) is 108 Å². The van der Waals surface area contributed by atoms with Gasteiger partial charge in [-0.1, -0.05) is 78.3 Å². The molecule has 0 saturated heterocycles. The molecule has 1 heterocycles. The van der Waals surface area contributed by atoms with Crippen LogP contribution in [0, 0.1) is 0 Å². The molecule has 0 aliphatic rings. The number of carbonyl (C=O) groups is 2. The van der Waals surface area contributed by atoms with Crippen molar-refractivity contribution in [2.24, 2.45) is 5.10 Å². The second kappa shape index (κ2) is 13.0. The lowest BCUT2D eigenvalue weighted by Gasteiger charge is -2.13. The number of nitrogens with zero attached hydrogens (tertiary/aromatic N) is 1. The summed E-state index contributed by atoms with van der Waals surface area (Å²) in [6.45, 7) is 2.15. The molecule has 0 radical (unpaired) electrons. The first kappa shape index (κ1) is 29.5. The number of fused-ring (bicyclic) bond motifs is 3. The fourth-order valence-corrected chi connectivity index (χ4v) is 5.36. The lowest BCUT2D eigenvalue weighted by molar-refractivity contribution is 0.0724. The number of aromatic amines is 1. The van der Waals surface area contributed by atoms with Crippen molar-refractivity contribution in [1.82, 2.24) is 10.4 Å². The van der Waals surface area contributed by atoms with Crippen LogP contribution >= 0.6 is 11.6 Å². The highest BCUT2D eigenvalue weighted by molar-refractivity contribution is 6.31. The van der Waals surface area contributed by atoms with Gasteiger partial charge in [0, 0.05) is 21.4 Å². The summed E-state index contributed by atoms with van der Waals surface area (Å²) in [4.78, 5) is 29.8. The van der Waals surface area contributed by atoms with E-state index in [4.69, 9.17) is 25.8 Å². The molecule has 0 spiro atoms. The molecule has 0 unspecified atom stereocenters. The standard InChI is InChI=1S/C36H28ClN3O5/c1-3-44-31-19-22(13-17-30(31)45-36(42)28-20-25(37)15-18-29(28)43-2)21-38-40-35(41)34-32(24-10-5-4-6-11-24)27-16-14-23-9-7-8-12-26(23)33(27)39-34/h4-21,39H,3H2,1-2H3,(H,40,41). The number of rotatable bonds is 9. The highest BCUT2D eigenvalue weighted by atomic mass is 35.5. The summed E-state index contributed by atoms with van der Waals surface area (Å²) in [5.74, 6) is -0.167. The third-order valence-corrected chi connectivity index (χ3v) is 7.45. The number of hydrazone groups is 1. The average molecular weight is 618 g/mol. The van der Waals surface area contributed by atoms with Gasteiger partial charge in [-0.2, -0.15) is 5.10 Å². The maximum Gasteiger partial charge on any atom is 0.347 e. The van der Waals surface area contributed by atoms with Crippen LogP contribution in [0.1, 0.15) is 33.3 Å². The number of ether oxygens (including phenoxy) is 3. The zero-order chi connectivity index (χ0) is 31.3. The minimum absolute atomic E-state index is 0.181. The highest BCUT2D eigenvalue weighted by Gasteiger charge is 2.21. The minimum atomic E-state index is -0.649. The Morgan fingerprint density at radius 3 is 2.44 bits per heavy atom. The van der Waals surface area contributed by atoms with Crippen LogP contribution in [0.5, 0.6) is 17.2 Å². The molecule has 9 heteroatoms. The van der Waals surface area contributed by atoms with E-state index in [-0.39, 0.29) is 11.3 Å².